The molecule has 100 valence electrons. The molecular weight excluding hydrogens is 226 g/mol. The fraction of sp³-hybridized carbons (Fsp3) is 0.467. The Balaban J connectivity index is 2.52. The van der Waals surface area contributed by atoms with Crippen molar-refractivity contribution in [1.82, 2.24) is 5.32 Å². The van der Waals surface area contributed by atoms with E-state index >= 15 is 0 Å². The molecule has 0 aromatic heterocycles. The first-order valence-electron chi connectivity index (χ1n) is 6.40. The second-order valence-corrected chi connectivity index (χ2v) is 4.09. The molecule has 0 atom stereocenters. The molecule has 18 heavy (non-hydrogen) atoms. The van der Waals surface area contributed by atoms with Gasteiger partial charge in [0.15, 0.2) is 0 Å². The predicted octanol–water partition coefficient (Wildman–Crippen LogP) is 3.11. The molecule has 0 heterocycles. The first-order chi connectivity index (χ1) is 8.80. The van der Waals surface area contributed by atoms with Crippen LogP contribution in [0.25, 0.3) is 6.08 Å². The van der Waals surface area contributed by atoms with E-state index in [1.165, 1.54) is 6.42 Å². The smallest absolute Gasteiger partial charge is 0.123 e. The second kappa shape index (κ2) is 8.59. The summed E-state index contributed by atoms with van der Waals surface area (Å²) in [5, 5.41) is 3.37. The van der Waals surface area contributed by atoms with Crippen LogP contribution >= 0.6 is 0 Å². The highest BCUT2D eigenvalue weighted by molar-refractivity contribution is 5.55. The predicted molar refractivity (Wildman–Crippen MR) is 76.4 cm³/mol. The highest BCUT2D eigenvalue weighted by Crippen LogP contribution is 2.23. The first-order valence-corrected chi connectivity index (χ1v) is 6.40. The molecule has 1 aromatic carbocycles. The van der Waals surface area contributed by atoms with Crippen LogP contribution in [0.5, 0.6) is 11.5 Å². The molecule has 0 saturated carbocycles. The van der Waals surface area contributed by atoms with Gasteiger partial charge in [-0.3, -0.25) is 0 Å². The second-order valence-electron chi connectivity index (χ2n) is 4.09. The van der Waals surface area contributed by atoms with Crippen LogP contribution in [0.2, 0.25) is 0 Å². The van der Waals surface area contributed by atoms with E-state index in [1.807, 2.05) is 18.2 Å². The lowest BCUT2D eigenvalue weighted by Gasteiger charge is -2.05. The zero-order valence-electron chi connectivity index (χ0n) is 11.5. The molecule has 1 N–H and O–H groups in total. The number of ether oxygens (including phenoxy) is 2. The molecule has 0 unspecified atom stereocenters. The van der Waals surface area contributed by atoms with Gasteiger partial charge in [-0.2, -0.15) is 0 Å². The number of benzene rings is 1. The van der Waals surface area contributed by atoms with E-state index < -0.39 is 0 Å². The zero-order chi connectivity index (χ0) is 13.2. The fourth-order valence-electron chi connectivity index (χ4n) is 1.63. The Morgan fingerprint density at radius 1 is 1.06 bits per heavy atom. The first kappa shape index (κ1) is 14.6. The van der Waals surface area contributed by atoms with Crippen LogP contribution in [-0.4, -0.2) is 27.3 Å². The van der Waals surface area contributed by atoms with Gasteiger partial charge < -0.3 is 14.8 Å². The van der Waals surface area contributed by atoms with Crippen LogP contribution in [0.15, 0.2) is 24.3 Å². The normalized spacial score (nSPS) is 10.8. The highest BCUT2D eigenvalue weighted by Gasteiger charge is 1.98. The quantitative estimate of drug-likeness (QED) is 0.718. The third-order valence-corrected chi connectivity index (χ3v) is 2.60. The van der Waals surface area contributed by atoms with Gasteiger partial charge in [-0.1, -0.05) is 19.1 Å². The number of hydrogen-bond donors (Lipinski definition) is 1. The van der Waals surface area contributed by atoms with Crippen LogP contribution in [0.4, 0.5) is 0 Å². The summed E-state index contributed by atoms with van der Waals surface area (Å²) >= 11 is 0. The Kier molecular flexibility index (Phi) is 6.96. The Morgan fingerprint density at radius 3 is 2.28 bits per heavy atom. The highest BCUT2D eigenvalue weighted by atomic mass is 16.5. The Labute approximate surface area is 110 Å². The summed E-state index contributed by atoms with van der Waals surface area (Å²) in [4.78, 5) is 0. The molecular formula is C15H23NO2. The van der Waals surface area contributed by atoms with Gasteiger partial charge in [0.2, 0.25) is 0 Å². The fourth-order valence-corrected chi connectivity index (χ4v) is 1.63. The average Bonchev–Trinajstić information content (AvgIpc) is 2.42. The maximum Gasteiger partial charge on any atom is 0.123 e. The summed E-state index contributed by atoms with van der Waals surface area (Å²) < 4.78 is 10.5. The van der Waals surface area contributed by atoms with Crippen molar-refractivity contribution in [2.75, 3.05) is 27.3 Å². The van der Waals surface area contributed by atoms with E-state index in [-0.39, 0.29) is 0 Å². The van der Waals surface area contributed by atoms with Crippen LogP contribution in [0, 0.1) is 0 Å². The van der Waals surface area contributed by atoms with E-state index in [2.05, 4.69) is 24.4 Å². The Hall–Kier alpha value is -1.48. The van der Waals surface area contributed by atoms with Crippen molar-refractivity contribution < 1.29 is 9.47 Å². The molecule has 3 heteroatoms. The maximum atomic E-state index is 5.23. The van der Waals surface area contributed by atoms with E-state index in [0.717, 1.165) is 36.6 Å². The van der Waals surface area contributed by atoms with Crippen molar-refractivity contribution in [2.24, 2.45) is 0 Å². The van der Waals surface area contributed by atoms with Crippen LogP contribution < -0.4 is 14.8 Å². The largest absolute Gasteiger partial charge is 0.497 e. The number of hydrogen-bond acceptors (Lipinski definition) is 3. The molecule has 0 fully saturated rings. The molecule has 1 aromatic rings. The minimum atomic E-state index is 0.818. The topological polar surface area (TPSA) is 30.5 Å². The van der Waals surface area contributed by atoms with E-state index in [0.29, 0.717) is 0 Å². The van der Waals surface area contributed by atoms with Crippen molar-refractivity contribution in [3.8, 4) is 11.5 Å². The number of rotatable bonds is 8. The van der Waals surface area contributed by atoms with Gasteiger partial charge >= 0.3 is 0 Å². The van der Waals surface area contributed by atoms with Gasteiger partial charge in [0, 0.05) is 6.07 Å². The summed E-state index contributed by atoms with van der Waals surface area (Å²) in [5.74, 6) is 1.64. The van der Waals surface area contributed by atoms with E-state index in [9.17, 15) is 0 Å². The molecule has 0 aliphatic heterocycles. The van der Waals surface area contributed by atoms with Crippen LogP contribution in [-0.2, 0) is 0 Å². The van der Waals surface area contributed by atoms with Crippen molar-refractivity contribution in [3.63, 3.8) is 0 Å². The minimum absolute atomic E-state index is 0.818. The maximum absolute atomic E-state index is 5.23. The van der Waals surface area contributed by atoms with Crippen molar-refractivity contribution in [2.45, 2.75) is 19.8 Å². The van der Waals surface area contributed by atoms with Crippen LogP contribution in [0.1, 0.15) is 25.3 Å². The van der Waals surface area contributed by atoms with Gasteiger partial charge in [-0.25, -0.2) is 0 Å². The van der Waals surface area contributed by atoms with E-state index in [1.54, 1.807) is 14.2 Å². The summed E-state index contributed by atoms with van der Waals surface area (Å²) in [5.41, 5.74) is 1.10. The molecule has 1 rings (SSSR count). The molecule has 0 spiro atoms. The number of methoxy groups -OCH3 is 2. The molecule has 0 aliphatic rings. The summed E-state index contributed by atoms with van der Waals surface area (Å²) in [7, 11) is 3.33. The minimum Gasteiger partial charge on any atom is -0.497 e. The summed E-state index contributed by atoms with van der Waals surface area (Å²) in [6, 6.07) is 5.87. The number of nitrogens with one attached hydrogen (secondary N) is 1. The van der Waals surface area contributed by atoms with E-state index in [4.69, 9.17) is 9.47 Å². The zero-order valence-corrected chi connectivity index (χ0v) is 11.5. The lowest BCUT2D eigenvalue weighted by atomic mass is 10.1. The lowest BCUT2D eigenvalue weighted by Crippen LogP contribution is -2.14. The van der Waals surface area contributed by atoms with Crippen LogP contribution in [0.3, 0.4) is 0 Å². The monoisotopic (exact) mass is 249 g/mol. The third kappa shape index (κ3) is 5.23. The Morgan fingerprint density at radius 2 is 1.72 bits per heavy atom. The molecule has 0 radical (unpaired) electrons. The van der Waals surface area contributed by atoms with Crippen molar-refractivity contribution in [3.05, 3.63) is 29.8 Å². The average molecular weight is 249 g/mol. The van der Waals surface area contributed by atoms with Gasteiger partial charge in [0.05, 0.1) is 14.2 Å². The molecule has 3 nitrogen and oxygen atoms in total. The summed E-state index contributed by atoms with van der Waals surface area (Å²) in [6.07, 6.45) is 6.46. The third-order valence-electron chi connectivity index (χ3n) is 2.60. The summed E-state index contributed by atoms with van der Waals surface area (Å²) in [6.45, 7) is 4.28. The standard InChI is InChI=1S/C15H23NO2/c1-4-8-16-9-6-5-7-13-10-14(17-2)12-15(11-13)18-3/h5,7,10-12,16H,4,6,8-9H2,1-3H3. The SMILES string of the molecule is CCCNCCC=Cc1cc(OC)cc(OC)c1. The van der Waals surface area contributed by atoms with Gasteiger partial charge in [-0.15, -0.1) is 0 Å². The van der Waals surface area contributed by atoms with Crippen molar-refractivity contribution >= 4 is 6.08 Å². The lowest BCUT2D eigenvalue weighted by molar-refractivity contribution is 0.394. The molecule has 0 aliphatic carbocycles. The van der Waals surface area contributed by atoms with Gasteiger partial charge in [0.25, 0.3) is 0 Å². The van der Waals surface area contributed by atoms with Gasteiger partial charge in [-0.05, 0) is 43.6 Å². The van der Waals surface area contributed by atoms with Gasteiger partial charge in [0.1, 0.15) is 11.5 Å². The molecule has 0 amide bonds. The molecule has 0 saturated heterocycles. The molecule has 0 bridgehead atoms. The Bertz CT molecular complexity index is 353. The van der Waals surface area contributed by atoms with Crippen molar-refractivity contribution in [1.29, 1.82) is 0 Å².